The number of halogens is 19. The molecule has 0 heterocycles. The molecular formula is C16H21F17I2. The lowest BCUT2D eigenvalue weighted by Gasteiger charge is -2.22. The van der Waals surface area contributed by atoms with E-state index in [-0.39, 0.29) is 19.4 Å². The first-order valence-electron chi connectivity index (χ1n) is 7.72. The van der Waals surface area contributed by atoms with Crippen LogP contribution in [-0.4, -0.2) is 38.7 Å². The molecule has 0 amide bonds. The summed E-state index contributed by atoms with van der Waals surface area (Å²) in [6.45, 7) is 3.45. The third kappa shape index (κ3) is 28.2. The number of hydrogen-bond donors (Lipinski definition) is 0. The molecule has 0 aromatic carbocycles. The van der Waals surface area contributed by atoms with Gasteiger partial charge in [0.2, 0.25) is 9.59 Å². The second kappa shape index (κ2) is 18.1. The van der Waals surface area contributed by atoms with Gasteiger partial charge in [-0.2, -0.15) is 70.2 Å². The van der Waals surface area contributed by atoms with Crippen LogP contribution >= 0.6 is 45.2 Å². The molecule has 0 nitrogen and oxygen atoms in total. The first kappa shape index (κ1) is 44.7. The van der Waals surface area contributed by atoms with Gasteiger partial charge in [0.25, 0.3) is 12.2 Å². The van der Waals surface area contributed by atoms with Crippen LogP contribution in [0, 0.1) is 5.92 Å². The Bertz CT molecular complexity index is 569. The van der Waals surface area contributed by atoms with Crippen LogP contribution in [0.5, 0.6) is 0 Å². The third-order valence-corrected chi connectivity index (χ3v) is 4.57. The molecule has 0 aliphatic rings. The molecule has 0 saturated heterocycles. The van der Waals surface area contributed by atoms with Crippen LogP contribution in [0.1, 0.15) is 29.1 Å². The predicted octanol–water partition coefficient (Wildman–Crippen LogP) is 11.3. The van der Waals surface area contributed by atoms with Crippen molar-refractivity contribution < 1.29 is 76.1 Å². The lowest BCUT2D eigenvalue weighted by Crippen LogP contribution is -2.37. The van der Waals surface area contributed by atoms with Crippen molar-refractivity contribution in [2.75, 3.05) is 4.43 Å². The molecule has 0 spiro atoms. The highest BCUT2D eigenvalue weighted by atomic mass is 127. The van der Waals surface area contributed by atoms with Crippen molar-refractivity contribution in [2.24, 2.45) is 5.92 Å². The second-order valence-corrected chi connectivity index (χ2v) is 8.03. The Labute approximate surface area is 218 Å². The van der Waals surface area contributed by atoms with Gasteiger partial charge in [-0.05, 0) is 26.0 Å². The van der Waals surface area contributed by atoms with Gasteiger partial charge in [0.1, 0.15) is 0 Å². The molecule has 0 bridgehead atoms. The van der Waals surface area contributed by atoms with E-state index in [1.54, 1.807) is 22.6 Å². The number of hydrogen-bond acceptors (Lipinski definition) is 0. The Morgan fingerprint density at radius 2 is 1.09 bits per heavy atom. The van der Waals surface area contributed by atoms with Gasteiger partial charge in [-0.3, -0.25) is 0 Å². The molecule has 2 atom stereocenters. The molecule has 218 valence electrons. The van der Waals surface area contributed by atoms with E-state index in [1.807, 2.05) is 0 Å². The molecule has 0 aliphatic carbocycles. The Morgan fingerprint density at radius 1 is 0.800 bits per heavy atom. The maximum atomic E-state index is 12.5. The van der Waals surface area contributed by atoms with Gasteiger partial charge in [-0.1, -0.05) is 59.5 Å². The molecule has 19 heteroatoms. The summed E-state index contributed by atoms with van der Waals surface area (Å²) in [5.41, 5.74) is -3.02. The fourth-order valence-electron chi connectivity index (χ4n) is 0.788. The van der Waals surface area contributed by atoms with Crippen molar-refractivity contribution in [3.05, 3.63) is 24.8 Å². The van der Waals surface area contributed by atoms with Crippen molar-refractivity contribution >= 4 is 45.2 Å². The van der Waals surface area contributed by atoms with Gasteiger partial charge in [0.15, 0.2) is 0 Å². The fourth-order valence-corrected chi connectivity index (χ4v) is 1.80. The summed E-state index contributed by atoms with van der Waals surface area (Å²) in [4.78, 5) is 0. The Kier molecular flexibility index (Phi) is 23.1. The van der Waals surface area contributed by atoms with Crippen molar-refractivity contribution in [2.45, 2.75) is 62.0 Å². The van der Waals surface area contributed by atoms with Gasteiger partial charge >= 0.3 is 24.7 Å². The summed E-state index contributed by atoms with van der Waals surface area (Å²) in [5.74, 6) is -2.07. The number of rotatable bonds is 3. The van der Waals surface area contributed by atoms with Gasteiger partial charge in [0, 0.05) is 5.85 Å². The van der Waals surface area contributed by atoms with Crippen molar-refractivity contribution in [1.82, 2.24) is 0 Å². The van der Waals surface area contributed by atoms with Crippen LogP contribution < -0.4 is 0 Å². The first-order chi connectivity index (χ1) is 14.5. The maximum Gasteiger partial charge on any atom is 0.422 e. The van der Waals surface area contributed by atoms with Crippen LogP contribution in [0.4, 0.5) is 74.6 Å². The minimum absolute atomic E-state index is 0. The van der Waals surface area contributed by atoms with Crippen LogP contribution in [0.15, 0.2) is 24.8 Å². The maximum absolute atomic E-state index is 12.5. The third-order valence-electron chi connectivity index (χ3n) is 2.62. The molecule has 0 saturated carbocycles. The zero-order chi connectivity index (χ0) is 28.9. The summed E-state index contributed by atoms with van der Waals surface area (Å²) in [6, 6.07) is 0. The molecule has 0 fully saturated rings. The summed E-state index contributed by atoms with van der Waals surface area (Å²) < 4.78 is 189. The average Bonchev–Trinajstić information content (AvgIpc) is 2.50. The SMILES string of the molecule is C.C=C(F)F.CC(C=C(F)F)C(F)(F)F.CC(F)(CCI)C(F)(F)F.FC(F)(F)C(I)C(F)(F)F.[2HH]. The Morgan fingerprint density at radius 3 is 1.14 bits per heavy atom. The summed E-state index contributed by atoms with van der Waals surface area (Å²) >= 11 is 2.02. The predicted molar refractivity (Wildman–Crippen MR) is 115 cm³/mol. The smallest absolute Gasteiger partial charge is 0.234 e. The second-order valence-electron chi connectivity index (χ2n) is 5.71. The van der Waals surface area contributed by atoms with Gasteiger partial charge < -0.3 is 0 Å². The van der Waals surface area contributed by atoms with E-state index >= 15 is 0 Å². The molecule has 0 aromatic heterocycles. The minimum Gasteiger partial charge on any atom is -0.234 e. The summed E-state index contributed by atoms with van der Waals surface area (Å²) in [5, 5.41) is 0. The van der Waals surface area contributed by atoms with Crippen molar-refractivity contribution in [3.8, 4) is 0 Å². The van der Waals surface area contributed by atoms with E-state index in [9.17, 15) is 74.6 Å². The first-order valence-corrected chi connectivity index (χ1v) is 10.5. The van der Waals surface area contributed by atoms with Gasteiger partial charge in [-0.25, -0.2) is 4.39 Å². The Hall–Kier alpha value is -0.250. The van der Waals surface area contributed by atoms with Gasteiger partial charge in [-0.15, -0.1) is 0 Å². The van der Waals surface area contributed by atoms with Crippen LogP contribution in [0.2, 0.25) is 0 Å². The van der Waals surface area contributed by atoms with Crippen molar-refractivity contribution in [1.29, 1.82) is 0 Å². The highest BCUT2D eigenvalue weighted by Crippen LogP contribution is 2.39. The number of alkyl halides is 15. The normalized spacial score (nSPS) is 14.3. The van der Waals surface area contributed by atoms with Gasteiger partial charge in [0.05, 0.1) is 5.92 Å². The van der Waals surface area contributed by atoms with E-state index in [0.717, 1.165) is 0 Å². The van der Waals surface area contributed by atoms with E-state index in [4.69, 9.17) is 0 Å². The fraction of sp³-hybridized carbons (Fsp3) is 0.750. The van der Waals surface area contributed by atoms with Crippen LogP contribution in [0.3, 0.4) is 0 Å². The molecule has 2 unspecified atom stereocenters. The standard InChI is InChI=1S/C5H5F5.C5H7F4I.C3HF6I.C2H2F2.CH4.H2/c1-3(2-4(6)7)5(8,9)10;1-4(6,2-3-10)5(7,8)9;4-2(5,6)1(10)3(7,8)9;1-2(3)4;;/h2-3H,1H3;2-3H2,1H3;1H;1H2;1H4;1H/i;;;;;1+1. The summed E-state index contributed by atoms with van der Waals surface area (Å²) in [6.07, 6.45) is -24.4. The lowest BCUT2D eigenvalue weighted by molar-refractivity contribution is -0.223. The molecule has 0 aromatic rings. The highest BCUT2D eigenvalue weighted by molar-refractivity contribution is 14.1. The van der Waals surface area contributed by atoms with E-state index in [0.29, 0.717) is 36.4 Å². The number of allylic oxidation sites excluding steroid dienone is 1. The summed E-state index contributed by atoms with van der Waals surface area (Å²) in [7, 11) is 0. The lowest BCUT2D eigenvalue weighted by atomic mass is 10.1. The monoisotopic (exact) mass is 791 g/mol. The highest BCUT2D eigenvalue weighted by Gasteiger charge is 2.55. The molecule has 0 aliphatic heterocycles. The zero-order valence-electron chi connectivity index (χ0n) is 16.5. The molecular weight excluding hydrogens is 769 g/mol. The molecule has 0 radical (unpaired) electrons. The minimum atomic E-state index is -5.20. The van der Waals surface area contributed by atoms with Crippen LogP contribution in [0.25, 0.3) is 0 Å². The topological polar surface area (TPSA) is 0 Å². The average molecular weight is 791 g/mol. The van der Waals surface area contributed by atoms with Crippen LogP contribution in [-0.2, 0) is 0 Å². The van der Waals surface area contributed by atoms with Crippen molar-refractivity contribution in [3.63, 3.8) is 0 Å². The van der Waals surface area contributed by atoms with E-state index in [2.05, 4.69) is 6.58 Å². The molecule has 0 rings (SSSR count). The molecule has 0 N–H and O–H groups in total. The molecule has 35 heavy (non-hydrogen) atoms. The zero-order valence-corrected chi connectivity index (χ0v) is 20.8. The Balaban J connectivity index is -0.0000000849. The van der Waals surface area contributed by atoms with E-state index < -0.39 is 58.8 Å². The quantitative estimate of drug-likeness (QED) is 0.152. The largest absolute Gasteiger partial charge is 0.422 e. The van der Waals surface area contributed by atoms with E-state index in [1.165, 1.54) is 0 Å².